The van der Waals surface area contributed by atoms with Crippen molar-refractivity contribution in [3.05, 3.63) is 0 Å². The van der Waals surface area contributed by atoms with Gasteiger partial charge in [-0.2, -0.15) is 0 Å². The van der Waals surface area contributed by atoms with Gasteiger partial charge in [-0.1, -0.05) is 0 Å². The molecular weight excluding hydrogens is 378 g/mol. The molecule has 0 radical (unpaired) electrons. The van der Waals surface area contributed by atoms with Gasteiger partial charge in [0.25, 0.3) is 0 Å². The summed E-state index contributed by atoms with van der Waals surface area (Å²) in [5.74, 6) is 0. The number of hydrogen-bond acceptors (Lipinski definition) is 8. The first-order chi connectivity index (χ1) is 7.15. The fraction of sp³-hybridized carbons (Fsp3) is 0. The molecule has 0 aliphatic rings. The molecule has 0 aromatic carbocycles. The standard InChI is InChI=1S/2Na.2H3O4P.H3O3P.HO2P/c;;2*1-5(2,3)4;1-4(2)3;1-3-2/h;;2*(H3,1,2,3,4);1-3H;(H,1,2)/q2*+1;;;;/p-2. The SMILES string of the molecule is O=P(O)(O)O.O=P([O-])([O-])O.O=PO.OP(O)O.[Na+].[Na+]. The van der Waals surface area contributed by atoms with E-state index >= 15 is 0 Å². The van der Waals surface area contributed by atoms with Crippen LogP contribution in [0, 0.1) is 0 Å². The van der Waals surface area contributed by atoms with Crippen molar-refractivity contribution in [2.75, 3.05) is 0 Å². The summed E-state index contributed by atoms with van der Waals surface area (Å²) in [6, 6.07) is 0. The van der Waals surface area contributed by atoms with E-state index in [1.807, 2.05) is 0 Å². The first-order valence-corrected chi connectivity index (χ1v) is 7.54. The van der Waals surface area contributed by atoms with Crippen LogP contribution in [0.15, 0.2) is 0 Å². The van der Waals surface area contributed by atoms with Crippen molar-refractivity contribution in [3.8, 4) is 0 Å². The Morgan fingerprint density at radius 1 is 0.895 bits per heavy atom. The van der Waals surface area contributed by atoms with Gasteiger partial charge in [-0.15, -0.1) is 0 Å². The molecule has 19 heavy (non-hydrogen) atoms. The summed E-state index contributed by atoms with van der Waals surface area (Å²) >= 11 is 0. The molecule has 0 aromatic heterocycles. The van der Waals surface area contributed by atoms with Crippen LogP contribution < -0.4 is 68.9 Å². The molecular formula is H8Na2O13P4. The Labute approximate surface area is 153 Å². The molecule has 0 saturated heterocycles. The zero-order chi connectivity index (χ0) is 15.3. The van der Waals surface area contributed by atoms with Crippen molar-refractivity contribution < 1.29 is 122 Å². The predicted octanol–water partition coefficient (Wildman–Crippen LogP) is -9.74. The minimum Gasteiger partial charge on any atom is -0.790 e. The topological polar surface area (TPSA) is 259 Å². The van der Waals surface area contributed by atoms with Gasteiger partial charge in [0.05, 0.1) is 7.82 Å². The van der Waals surface area contributed by atoms with Gasteiger partial charge < -0.3 is 53.5 Å². The largest absolute Gasteiger partial charge is 1.00 e. The molecule has 0 aromatic rings. The molecule has 0 fully saturated rings. The summed E-state index contributed by atoms with van der Waals surface area (Å²) in [5.41, 5.74) is 0. The van der Waals surface area contributed by atoms with Crippen molar-refractivity contribution >= 4 is 32.9 Å². The Kier molecular flexibility index (Phi) is 45.3. The van der Waals surface area contributed by atoms with Crippen LogP contribution in [0.5, 0.6) is 0 Å². The van der Waals surface area contributed by atoms with Crippen LogP contribution in [0.1, 0.15) is 0 Å². The smallest absolute Gasteiger partial charge is 0.790 e. The third-order valence-electron chi connectivity index (χ3n) is 0. The molecule has 8 N–H and O–H groups in total. The molecule has 19 heteroatoms. The van der Waals surface area contributed by atoms with Crippen LogP contribution in [0.2, 0.25) is 0 Å². The Morgan fingerprint density at radius 2 is 0.895 bits per heavy atom. The minimum atomic E-state index is -5.14. The normalized spacial score (nSPS) is 9.21. The Bertz CT molecular complexity index is 200. The van der Waals surface area contributed by atoms with E-state index in [0.29, 0.717) is 0 Å². The zero-order valence-electron chi connectivity index (χ0n) is 9.41. The van der Waals surface area contributed by atoms with Gasteiger partial charge in [0, 0.05) is 0 Å². The second kappa shape index (κ2) is 22.9. The molecule has 13 nitrogen and oxygen atoms in total. The average molecular weight is 386 g/mol. The fourth-order valence-corrected chi connectivity index (χ4v) is 0. The molecule has 0 atom stereocenters. The first kappa shape index (κ1) is 37.7. The van der Waals surface area contributed by atoms with E-state index < -0.39 is 32.9 Å². The summed E-state index contributed by atoms with van der Waals surface area (Å²) in [4.78, 5) is 74.5. The van der Waals surface area contributed by atoms with Crippen molar-refractivity contribution in [2.24, 2.45) is 0 Å². The third-order valence-corrected chi connectivity index (χ3v) is 0. The monoisotopic (exact) mass is 386 g/mol. The summed E-state index contributed by atoms with van der Waals surface area (Å²) in [6.07, 6.45) is 0. The molecule has 0 aliphatic carbocycles. The van der Waals surface area contributed by atoms with Crippen LogP contribution in [-0.4, -0.2) is 39.1 Å². The van der Waals surface area contributed by atoms with Gasteiger partial charge in [0.2, 0.25) is 0 Å². The van der Waals surface area contributed by atoms with Gasteiger partial charge in [-0.05, 0) is 0 Å². The Balaban J connectivity index is -0.0000000291. The molecule has 108 valence electrons. The zero-order valence-corrected chi connectivity index (χ0v) is 17.0. The van der Waals surface area contributed by atoms with Crippen molar-refractivity contribution in [3.63, 3.8) is 0 Å². The summed E-state index contributed by atoms with van der Waals surface area (Å²) in [7, 11) is -13.2. The maximum absolute atomic E-state index is 8.88. The molecule has 0 heterocycles. The molecule has 0 rings (SSSR count). The minimum absolute atomic E-state index is 0. The van der Waals surface area contributed by atoms with Crippen LogP contribution in [0.4, 0.5) is 0 Å². The van der Waals surface area contributed by atoms with Gasteiger partial charge >= 0.3 is 84.2 Å². The van der Waals surface area contributed by atoms with E-state index in [0.717, 1.165) is 0 Å². The summed E-state index contributed by atoms with van der Waals surface area (Å²) < 4.78 is 26.0. The maximum Gasteiger partial charge on any atom is 1.00 e. The van der Waals surface area contributed by atoms with E-state index in [-0.39, 0.29) is 59.1 Å². The first-order valence-electron chi connectivity index (χ1n) is 2.51. The van der Waals surface area contributed by atoms with E-state index in [2.05, 4.69) is 0 Å². The average Bonchev–Trinajstić information content (AvgIpc) is 1.74. The van der Waals surface area contributed by atoms with Crippen LogP contribution in [-0.2, 0) is 13.7 Å². The van der Waals surface area contributed by atoms with Crippen LogP contribution in [0.3, 0.4) is 0 Å². The second-order valence-corrected chi connectivity index (χ2v) is 4.00. The van der Waals surface area contributed by atoms with Gasteiger partial charge in [0.15, 0.2) is 0 Å². The molecule has 0 bridgehead atoms. The number of rotatable bonds is 0. The van der Waals surface area contributed by atoms with Crippen LogP contribution in [0.25, 0.3) is 0 Å². The fourth-order valence-electron chi connectivity index (χ4n) is 0. The van der Waals surface area contributed by atoms with Crippen molar-refractivity contribution in [1.82, 2.24) is 0 Å². The second-order valence-electron chi connectivity index (χ2n) is 1.33. The maximum atomic E-state index is 8.88. The van der Waals surface area contributed by atoms with Crippen molar-refractivity contribution in [2.45, 2.75) is 0 Å². The predicted molar refractivity (Wildman–Crippen MR) is 47.5 cm³/mol. The molecule has 0 saturated carbocycles. The summed E-state index contributed by atoms with van der Waals surface area (Å²) in [6.45, 7) is 0. The van der Waals surface area contributed by atoms with Crippen molar-refractivity contribution in [1.29, 1.82) is 0 Å². The number of hydrogen-bond donors (Lipinski definition) is 8. The molecule has 0 spiro atoms. The number of phosphoric acid groups is 2. The van der Waals surface area contributed by atoms with E-state index in [9.17, 15) is 0 Å². The van der Waals surface area contributed by atoms with Gasteiger partial charge in [-0.25, -0.2) is 9.13 Å². The van der Waals surface area contributed by atoms with E-state index in [1.54, 1.807) is 0 Å². The quantitative estimate of drug-likeness (QED) is 0.142. The summed E-state index contributed by atoms with van der Waals surface area (Å²) in [5, 5.41) is 0. The molecule has 0 aliphatic heterocycles. The van der Waals surface area contributed by atoms with Gasteiger partial charge in [-0.3, -0.25) is 0 Å². The molecule has 0 amide bonds. The third kappa shape index (κ3) is 1060. The van der Waals surface area contributed by atoms with Crippen LogP contribution >= 0.6 is 32.9 Å². The Hall–Kier alpha value is 2.59. The van der Waals surface area contributed by atoms with E-state index in [1.165, 1.54) is 0 Å². The van der Waals surface area contributed by atoms with E-state index in [4.69, 9.17) is 62.6 Å². The molecule has 0 unspecified atom stereocenters. The Morgan fingerprint density at radius 3 is 0.895 bits per heavy atom. The van der Waals surface area contributed by atoms with Gasteiger partial charge in [0.1, 0.15) is 0 Å².